The average molecular weight is 547 g/mol. The zero-order chi connectivity index (χ0) is 28.6. The van der Waals surface area contributed by atoms with E-state index < -0.39 is 36.0 Å². The Hall–Kier alpha value is -5.06. The van der Waals surface area contributed by atoms with E-state index in [0.29, 0.717) is 22.6 Å². The van der Waals surface area contributed by atoms with Crippen molar-refractivity contribution in [3.8, 4) is 17.0 Å². The number of ether oxygens (including phenoxy) is 1. The molecule has 5 rings (SSSR count). The summed E-state index contributed by atoms with van der Waals surface area (Å²) in [6.45, 7) is 1.45. The van der Waals surface area contributed by atoms with Gasteiger partial charge in [-0.1, -0.05) is 29.8 Å². The van der Waals surface area contributed by atoms with Crippen molar-refractivity contribution in [1.82, 2.24) is 14.7 Å². The summed E-state index contributed by atoms with van der Waals surface area (Å²) in [6.07, 6.45) is 0. The van der Waals surface area contributed by atoms with E-state index in [1.807, 2.05) is 25.1 Å². The lowest BCUT2D eigenvalue weighted by molar-refractivity contribution is -0.117. The summed E-state index contributed by atoms with van der Waals surface area (Å²) in [6, 6.07) is 14.5. The van der Waals surface area contributed by atoms with Gasteiger partial charge in [-0.05, 0) is 48.9 Å². The molecule has 9 nitrogen and oxygen atoms in total. The fraction of sp³-hybridized carbons (Fsp3) is 0.172. The number of aromatic nitrogens is 2. The minimum absolute atomic E-state index is 0.0144. The van der Waals surface area contributed by atoms with Crippen LogP contribution in [0.15, 0.2) is 60.7 Å². The van der Waals surface area contributed by atoms with Crippen LogP contribution in [-0.4, -0.2) is 44.1 Å². The molecule has 1 aromatic heterocycles. The Morgan fingerprint density at radius 3 is 2.65 bits per heavy atom. The summed E-state index contributed by atoms with van der Waals surface area (Å²) >= 11 is 0. The van der Waals surface area contributed by atoms with Crippen LogP contribution in [0.1, 0.15) is 37.5 Å². The number of halogens is 2. The number of amides is 2. The van der Waals surface area contributed by atoms with E-state index in [2.05, 4.69) is 10.4 Å². The van der Waals surface area contributed by atoms with Gasteiger partial charge in [-0.3, -0.25) is 14.3 Å². The van der Waals surface area contributed by atoms with Crippen LogP contribution >= 0.6 is 0 Å². The Morgan fingerprint density at radius 2 is 1.90 bits per heavy atom. The molecule has 1 aliphatic heterocycles. The predicted octanol–water partition coefficient (Wildman–Crippen LogP) is 4.55. The van der Waals surface area contributed by atoms with Gasteiger partial charge < -0.3 is 20.1 Å². The minimum atomic E-state index is -1.28. The van der Waals surface area contributed by atoms with Gasteiger partial charge >= 0.3 is 5.97 Å². The van der Waals surface area contributed by atoms with Crippen molar-refractivity contribution in [2.24, 2.45) is 7.05 Å². The monoisotopic (exact) mass is 546 g/mol. The Morgan fingerprint density at radius 1 is 1.10 bits per heavy atom. The lowest BCUT2D eigenvalue weighted by Crippen LogP contribution is -2.38. The fourth-order valence-corrected chi connectivity index (χ4v) is 4.67. The largest absolute Gasteiger partial charge is 0.488 e. The first kappa shape index (κ1) is 26.5. The highest BCUT2D eigenvalue weighted by atomic mass is 19.1. The molecule has 3 aromatic carbocycles. The lowest BCUT2D eigenvalue weighted by atomic mass is 10.0. The molecule has 1 aliphatic rings. The molecule has 0 saturated heterocycles. The third-order valence-corrected chi connectivity index (χ3v) is 6.48. The second-order valence-electron chi connectivity index (χ2n) is 9.43. The van der Waals surface area contributed by atoms with Crippen LogP contribution < -0.4 is 10.1 Å². The van der Waals surface area contributed by atoms with Gasteiger partial charge in [-0.15, -0.1) is 0 Å². The number of nitrogens with one attached hydrogen (secondary N) is 1. The van der Waals surface area contributed by atoms with Gasteiger partial charge in [0.2, 0.25) is 5.91 Å². The Kier molecular flexibility index (Phi) is 7.03. The quantitative estimate of drug-likeness (QED) is 0.352. The molecule has 0 atom stereocenters. The highest BCUT2D eigenvalue weighted by Crippen LogP contribution is 2.39. The Labute approximate surface area is 227 Å². The van der Waals surface area contributed by atoms with Gasteiger partial charge in [0.25, 0.3) is 5.91 Å². The highest BCUT2D eigenvalue weighted by Gasteiger charge is 2.32. The molecule has 11 heteroatoms. The maximum absolute atomic E-state index is 14.3. The molecule has 0 spiro atoms. The smallest absolute Gasteiger partial charge is 0.335 e. The molecule has 0 bridgehead atoms. The van der Waals surface area contributed by atoms with E-state index in [0.717, 1.165) is 29.3 Å². The molecule has 0 unspecified atom stereocenters. The van der Waals surface area contributed by atoms with Crippen molar-refractivity contribution < 1.29 is 33.0 Å². The van der Waals surface area contributed by atoms with Gasteiger partial charge in [0.15, 0.2) is 5.69 Å². The summed E-state index contributed by atoms with van der Waals surface area (Å²) in [5.74, 6) is -3.45. The van der Waals surface area contributed by atoms with E-state index in [1.165, 1.54) is 27.8 Å². The number of aryl methyl sites for hydroxylation is 2. The lowest BCUT2D eigenvalue weighted by Gasteiger charge is -2.23. The zero-order valence-electron chi connectivity index (χ0n) is 21.6. The number of benzene rings is 3. The van der Waals surface area contributed by atoms with Gasteiger partial charge in [0.05, 0.1) is 16.9 Å². The number of rotatable bonds is 7. The second-order valence-corrected chi connectivity index (χ2v) is 9.43. The molecule has 0 radical (unpaired) electrons. The normalized spacial score (nSPS) is 11.7. The zero-order valence-corrected chi connectivity index (χ0v) is 21.6. The van der Waals surface area contributed by atoms with Crippen LogP contribution in [0.25, 0.3) is 11.3 Å². The maximum atomic E-state index is 14.3. The summed E-state index contributed by atoms with van der Waals surface area (Å²) in [7, 11) is 1.63. The van der Waals surface area contributed by atoms with Crippen LogP contribution in [0.3, 0.4) is 0 Å². The summed E-state index contributed by atoms with van der Waals surface area (Å²) < 4.78 is 35.6. The number of fused-ring (bicyclic) bond motifs is 3. The van der Waals surface area contributed by atoms with E-state index in [-0.39, 0.29) is 30.1 Å². The number of anilines is 1. The maximum Gasteiger partial charge on any atom is 0.335 e. The Balaban J connectivity index is 1.48. The number of carbonyl (C=O) groups excluding carboxylic acids is 2. The molecular weight excluding hydrogens is 522 g/mol. The van der Waals surface area contributed by atoms with E-state index in [9.17, 15) is 28.3 Å². The van der Waals surface area contributed by atoms with Crippen molar-refractivity contribution in [1.29, 1.82) is 0 Å². The number of carboxylic acids is 1. The van der Waals surface area contributed by atoms with E-state index in [4.69, 9.17) is 4.74 Å². The summed E-state index contributed by atoms with van der Waals surface area (Å²) in [5.41, 5.74) is 2.62. The van der Waals surface area contributed by atoms with Gasteiger partial charge in [0.1, 0.15) is 30.5 Å². The molecule has 40 heavy (non-hydrogen) atoms. The average Bonchev–Trinajstić information content (AvgIpc) is 3.25. The van der Waals surface area contributed by atoms with Crippen molar-refractivity contribution in [3.63, 3.8) is 0 Å². The third kappa shape index (κ3) is 5.26. The molecule has 0 fully saturated rings. The first-order valence-corrected chi connectivity index (χ1v) is 12.3. The van der Waals surface area contributed by atoms with Crippen LogP contribution in [0, 0.1) is 18.6 Å². The molecule has 2 heterocycles. The number of carbonyl (C=O) groups is 3. The molecular formula is C29H24F2N4O5. The van der Waals surface area contributed by atoms with E-state index in [1.54, 1.807) is 13.1 Å². The van der Waals surface area contributed by atoms with Crippen LogP contribution in [0.2, 0.25) is 0 Å². The van der Waals surface area contributed by atoms with Gasteiger partial charge in [-0.2, -0.15) is 5.10 Å². The van der Waals surface area contributed by atoms with Crippen molar-refractivity contribution in [2.75, 3.05) is 11.9 Å². The standard InChI is InChI=1S/C29H24F2N4O5/c1-16-4-3-5-17(10-16)13-35(14-25(36)32-23-11-18(29(38)39)6-8-22(23)31)28(37)26-21-15-40-24-9-7-19(30)12-20(24)27(21)34(2)33-26/h3-12H,13-15H2,1-2H3,(H,32,36)(H,38,39). The Bertz CT molecular complexity index is 1670. The molecule has 0 saturated carbocycles. The first-order chi connectivity index (χ1) is 19.1. The highest BCUT2D eigenvalue weighted by molar-refractivity contribution is 6.01. The number of carboxylic acid groups (broad SMARTS) is 1. The summed E-state index contributed by atoms with van der Waals surface area (Å²) in [4.78, 5) is 39.5. The molecule has 4 aromatic rings. The molecule has 204 valence electrons. The molecule has 0 aliphatic carbocycles. The van der Waals surface area contributed by atoms with Gasteiger partial charge in [-0.25, -0.2) is 13.6 Å². The molecule has 2 N–H and O–H groups in total. The SMILES string of the molecule is Cc1cccc(CN(CC(=O)Nc2cc(C(=O)O)ccc2F)C(=O)c2nn(C)c3c2COc2ccc(F)cc2-3)c1. The van der Waals surface area contributed by atoms with Gasteiger partial charge in [0, 0.05) is 24.7 Å². The first-order valence-electron chi connectivity index (χ1n) is 12.3. The third-order valence-electron chi connectivity index (χ3n) is 6.48. The van der Waals surface area contributed by atoms with E-state index >= 15 is 0 Å². The van der Waals surface area contributed by atoms with Crippen molar-refractivity contribution in [3.05, 3.63) is 100 Å². The molecule has 2 amide bonds. The number of hydrogen-bond acceptors (Lipinski definition) is 5. The predicted molar refractivity (Wildman–Crippen MR) is 141 cm³/mol. The number of hydrogen-bond donors (Lipinski definition) is 2. The summed E-state index contributed by atoms with van der Waals surface area (Å²) in [5, 5.41) is 16.0. The van der Waals surface area contributed by atoms with Crippen molar-refractivity contribution in [2.45, 2.75) is 20.1 Å². The number of aromatic carboxylic acids is 1. The fourth-order valence-electron chi connectivity index (χ4n) is 4.67. The number of nitrogens with zero attached hydrogens (tertiary/aromatic N) is 3. The van der Waals surface area contributed by atoms with Crippen molar-refractivity contribution >= 4 is 23.5 Å². The van der Waals surface area contributed by atoms with Crippen LogP contribution in [0.5, 0.6) is 5.75 Å². The van der Waals surface area contributed by atoms with Crippen LogP contribution in [-0.2, 0) is 25.0 Å². The van der Waals surface area contributed by atoms with Crippen LogP contribution in [0.4, 0.5) is 14.5 Å². The topological polar surface area (TPSA) is 114 Å². The minimum Gasteiger partial charge on any atom is -0.488 e. The second kappa shape index (κ2) is 10.6.